The molecule has 2 rings (SSSR count). The molecule has 0 spiro atoms. The molecule has 26 heavy (non-hydrogen) atoms. The summed E-state index contributed by atoms with van der Waals surface area (Å²) in [5.41, 5.74) is 4.20. The predicted molar refractivity (Wildman–Crippen MR) is 113 cm³/mol. The van der Waals surface area contributed by atoms with Crippen LogP contribution in [0.15, 0.2) is 48.5 Å². The monoisotopic (exact) mass is 352 g/mol. The number of rotatable bonds is 12. The summed E-state index contributed by atoms with van der Waals surface area (Å²) in [6.45, 7) is 4.52. The molecule has 0 amide bonds. The van der Waals surface area contributed by atoms with Crippen LogP contribution in [-0.2, 0) is 12.8 Å². The molecule has 1 heteroatoms. The van der Waals surface area contributed by atoms with Gasteiger partial charge in [-0.25, -0.2) is 0 Å². The van der Waals surface area contributed by atoms with Gasteiger partial charge in [0, 0.05) is 0 Å². The highest BCUT2D eigenvalue weighted by atomic mass is 16.3. The molecule has 0 aliphatic rings. The van der Waals surface area contributed by atoms with Gasteiger partial charge in [-0.3, -0.25) is 0 Å². The minimum atomic E-state index is 0.346. The van der Waals surface area contributed by atoms with E-state index >= 15 is 0 Å². The van der Waals surface area contributed by atoms with Crippen LogP contribution in [0, 0.1) is 0 Å². The van der Waals surface area contributed by atoms with Crippen molar-refractivity contribution in [1.82, 2.24) is 0 Å². The van der Waals surface area contributed by atoms with E-state index in [1.807, 2.05) is 0 Å². The summed E-state index contributed by atoms with van der Waals surface area (Å²) in [5, 5.41) is 9.47. The Labute approximate surface area is 160 Å². The number of phenolic OH excluding ortho intramolecular Hbond substituents is 1. The van der Waals surface area contributed by atoms with Gasteiger partial charge in [-0.1, -0.05) is 88.8 Å². The van der Waals surface area contributed by atoms with Crippen molar-refractivity contribution in [2.75, 3.05) is 0 Å². The standard InChI is InChI=1S/C25H36O/c1-3-5-6-7-8-9-10-11-21-12-14-22(15-13-21)20-23(4-2)24-16-18-25(26)19-17-24/h12-19,23,26H,3-11,20H2,1-2H3. The molecule has 0 saturated heterocycles. The van der Waals surface area contributed by atoms with Crippen LogP contribution in [0.25, 0.3) is 0 Å². The average Bonchev–Trinajstić information content (AvgIpc) is 2.67. The molecular weight excluding hydrogens is 316 g/mol. The van der Waals surface area contributed by atoms with Crippen molar-refractivity contribution in [2.45, 2.75) is 84.0 Å². The molecule has 0 radical (unpaired) electrons. The quantitative estimate of drug-likeness (QED) is 0.394. The topological polar surface area (TPSA) is 20.2 Å². The summed E-state index contributed by atoms with van der Waals surface area (Å²) < 4.78 is 0. The minimum absolute atomic E-state index is 0.346. The number of unbranched alkanes of at least 4 members (excludes halogenated alkanes) is 6. The van der Waals surface area contributed by atoms with Crippen molar-refractivity contribution in [1.29, 1.82) is 0 Å². The Bertz CT molecular complexity index is 597. The SMILES string of the molecule is CCCCCCCCCc1ccc(CC(CC)c2ccc(O)cc2)cc1. The Balaban J connectivity index is 1.76. The molecule has 2 aromatic carbocycles. The minimum Gasteiger partial charge on any atom is -0.508 e. The van der Waals surface area contributed by atoms with Crippen molar-refractivity contribution in [3.8, 4) is 5.75 Å². The highest BCUT2D eigenvalue weighted by Crippen LogP contribution is 2.26. The molecule has 0 heterocycles. The summed E-state index contributed by atoms with van der Waals surface area (Å²) in [6, 6.07) is 16.9. The molecule has 0 aliphatic carbocycles. The molecular formula is C25H36O. The lowest BCUT2D eigenvalue weighted by Gasteiger charge is -2.16. The lowest BCUT2D eigenvalue weighted by atomic mass is 9.89. The number of benzene rings is 2. The molecule has 0 aromatic heterocycles. The fourth-order valence-corrected chi connectivity index (χ4v) is 3.66. The highest BCUT2D eigenvalue weighted by molar-refractivity contribution is 5.30. The zero-order chi connectivity index (χ0) is 18.6. The van der Waals surface area contributed by atoms with Crippen LogP contribution < -0.4 is 0 Å². The van der Waals surface area contributed by atoms with E-state index in [4.69, 9.17) is 0 Å². The third-order valence-corrected chi connectivity index (χ3v) is 5.43. The fourth-order valence-electron chi connectivity index (χ4n) is 3.66. The zero-order valence-corrected chi connectivity index (χ0v) is 16.7. The molecule has 0 aliphatic heterocycles. The Morgan fingerprint density at radius 1 is 0.692 bits per heavy atom. The average molecular weight is 353 g/mol. The van der Waals surface area contributed by atoms with Crippen LogP contribution in [0.5, 0.6) is 5.75 Å². The Hall–Kier alpha value is -1.76. The second-order valence-electron chi connectivity index (χ2n) is 7.59. The smallest absolute Gasteiger partial charge is 0.115 e. The van der Waals surface area contributed by atoms with E-state index in [9.17, 15) is 5.11 Å². The third-order valence-electron chi connectivity index (χ3n) is 5.43. The first-order valence-corrected chi connectivity index (χ1v) is 10.6. The van der Waals surface area contributed by atoms with Gasteiger partial charge in [0.05, 0.1) is 0 Å². The van der Waals surface area contributed by atoms with E-state index in [1.54, 1.807) is 12.1 Å². The summed E-state index contributed by atoms with van der Waals surface area (Å²) >= 11 is 0. The van der Waals surface area contributed by atoms with E-state index < -0.39 is 0 Å². The maximum atomic E-state index is 9.47. The number of aryl methyl sites for hydroxylation is 1. The first-order valence-electron chi connectivity index (χ1n) is 10.6. The Kier molecular flexibility index (Phi) is 9.31. The highest BCUT2D eigenvalue weighted by Gasteiger charge is 2.10. The van der Waals surface area contributed by atoms with Crippen molar-refractivity contribution < 1.29 is 5.11 Å². The molecule has 0 fully saturated rings. The van der Waals surface area contributed by atoms with Crippen LogP contribution >= 0.6 is 0 Å². The number of phenols is 1. The van der Waals surface area contributed by atoms with Gasteiger partial charge in [0.15, 0.2) is 0 Å². The van der Waals surface area contributed by atoms with Gasteiger partial charge in [-0.05, 0) is 60.4 Å². The second-order valence-corrected chi connectivity index (χ2v) is 7.59. The van der Waals surface area contributed by atoms with Gasteiger partial charge in [-0.15, -0.1) is 0 Å². The zero-order valence-electron chi connectivity index (χ0n) is 16.7. The molecule has 1 nitrogen and oxygen atoms in total. The first-order chi connectivity index (χ1) is 12.7. The van der Waals surface area contributed by atoms with Crippen molar-refractivity contribution in [2.24, 2.45) is 0 Å². The Morgan fingerprint density at radius 3 is 1.88 bits per heavy atom. The maximum Gasteiger partial charge on any atom is 0.115 e. The van der Waals surface area contributed by atoms with Crippen LogP contribution in [-0.4, -0.2) is 5.11 Å². The van der Waals surface area contributed by atoms with Gasteiger partial charge in [0.25, 0.3) is 0 Å². The van der Waals surface area contributed by atoms with E-state index in [1.165, 1.54) is 68.1 Å². The summed E-state index contributed by atoms with van der Waals surface area (Å²) in [4.78, 5) is 0. The lowest BCUT2D eigenvalue weighted by Crippen LogP contribution is -2.02. The van der Waals surface area contributed by atoms with Crippen LogP contribution in [0.2, 0.25) is 0 Å². The van der Waals surface area contributed by atoms with E-state index in [0.717, 1.165) is 12.8 Å². The Morgan fingerprint density at radius 2 is 1.27 bits per heavy atom. The summed E-state index contributed by atoms with van der Waals surface area (Å²) in [7, 11) is 0. The molecule has 1 N–H and O–H groups in total. The van der Waals surface area contributed by atoms with Gasteiger partial charge in [0.2, 0.25) is 0 Å². The van der Waals surface area contributed by atoms with Gasteiger partial charge < -0.3 is 5.11 Å². The summed E-state index contributed by atoms with van der Waals surface area (Å²) in [5.74, 6) is 0.864. The number of hydrogen-bond donors (Lipinski definition) is 1. The second kappa shape index (κ2) is 11.8. The van der Waals surface area contributed by atoms with Gasteiger partial charge >= 0.3 is 0 Å². The first kappa shape index (κ1) is 20.6. The van der Waals surface area contributed by atoms with Crippen molar-refractivity contribution >= 4 is 0 Å². The van der Waals surface area contributed by atoms with E-state index in [-0.39, 0.29) is 0 Å². The summed E-state index contributed by atoms with van der Waals surface area (Å²) in [6.07, 6.45) is 13.0. The van der Waals surface area contributed by atoms with Crippen molar-refractivity contribution in [3.63, 3.8) is 0 Å². The molecule has 0 saturated carbocycles. The fraction of sp³-hybridized carbons (Fsp3) is 0.520. The van der Waals surface area contributed by atoms with Crippen LogP contribution in [0.4, 0.5) is 0 Å². The molecule has 1 unspecified atom stereocenters. The largest absolute Gasteiger partial charge is 0.508 e. The normalized spacial score (nSPS) is 12.2. The molecule has 2 aromatic rings. The van der Waals surface area contributed by atoms with Gasteiger partial charge in [-0.2, -0.15) is 0 Å². The molecule has 1 atom stereocenters. The van der Waals surface area contributed by atoms with Crippen molar-refractivity contribution in [3.05, 3.63) is 65.2 Å². The third kappa shape index (κ3) is 7.23. The predicted octanol–water partition coefficient (Wildman–Crippen LogP) is 7.42. The molecule has 142 valence electrons. The van der Waals surface area contributed by atoms with E-state index in [2.05, 4.69) is 50.2 Å². The number of hydrogen-bond acceptors (Lipinski definition) is 1. The van der Waals surface area contributed by atoms with Gasteiger partial charge in [0.1, 0.15) is 5.75 Å². The lowest BCUT2D eigenvalue weighted by molar-refractivity contribution is 0.474. The number of aromatic hydroxyl groups is 1. The molecule has 0 bridgehead atoms. The maximum absolute atomic E-state index is 9.47. The van der Waals surface area contributed by atoms with Crippen LogP contribution in [0.1, 0.15) is 87.8 Å². The van der Waals surface area contributed by atoms with Crippen LogP contribution in [0.3, 0.4) is 0 Å². The van der Waals surface area contributed by atoms with E-state index in [0.29, 0.717) is 11.7 Å².